The molecular formula is C15H21NO5S. The Labute approximate surface area is 130 Å². The Balaban J connectivity index is 2.61. The van der Waals surface area contributed by atoms with E-state index in [0.717, 1.165) is 19.1 Å². The summed E-state index contributed by atoms with van der Waals surface area (Å²) in [5.74, 6) is -1.11. The molecule has 0 saturated heterocycles. The van der Waals surface area contributed by atoms with E-state index in [9.17, 15) is 18.0 Å². The molecular weight excluding hydrogens is 306 g/mol. The molecule has 1 aromatic carbocycles. The Hall–Kier alpha value is -1.89. The quantitative estimate of drug-likeness (QED) is 0.768. The molecule has 0 fully saturated rings. The Morgan fingerprint density at radius 3 is 2.59 bits per heavy atom. The maximum Gasteiger partial charge on any atom is 0.338 e. The maximum atomic E-state index is 11.8. The molecule has 1 atom stereocenters. The summed E-state index contributed by atoms with van der Waals surface area (Å²) < 4.78 is 27.8. The van der Waals surface area contributed by atoms with E-state index in [4.69, 9.17) is 4.74 Å². The molecule has 0 aliphatic carbocycles. The Morgan fingerprint density at radius 2 is 2.00 bits per heavy atom. The fraction of sp³-hybridized carbons (Fsp3) is 0.467. The molecule has 0 spiro atoms. The van der Waals surface area contributed by atoms with Crippen LogP contribution in [0, 0.1) is 0 Å². The molecule has 0 saturated carbocycles. The predicted octanol–water partition coefficient (Wildman–Crippen LogP) is 1.55. The SMILES string of the molecule is CCC[C@@H](C)NC(=O)COC(=O)c1cccc(S(C)(=O)=O)c1. The lowest BCUT2D eigenvalue weighted by atomic mass is 10.2. The molecule has 1 N–H and O–H groups in total. The van der Waals surface area contributed by atoms with Gasteiger partial charge in [-0.05, 0) is 31.5 Å². The van der Waals surface area contributed by atoms with Crippen LogP contribution < -0.4 is 5.32 Å². The molecule has 122 valence electrons. The molecule has 6 nitrogen and oxygen atoms in total. The first kappa shape index (κ1) is 18.2. The fourth-order valence-electron chi connectivity index (χ4n) is 1.89. The van der Waals surface area contributed by atoms with Crippen LogP contribution in [0.5, 0.6) is 0 Å². The van der Waals surface area contributed by atoms with Gasteiger partial charge in [-0.15, -0.1) is 0 Å². The number of hydrogen-bond acceptors (Lipinski definition) is 5. The normalized spacial score (nSPS) is 12.5. The molecule has 0 aliphatic heterocycles. The van der Waals surface area contributed by atoms with Crippen molar-refractivity contribution in [1.82, 2.24) is 5.32 Å². The lowest BCUT2D eigenvalue weighted by Crippen LogP contribution is -2.35. The van der Waals surface area contributed by atoms with Gasteiger partial charge in [0.2, 0.25) is 0 Å². The van der Waals surface area contributed by atoms with Gasteiger partial charge < -0.3 is 10.1 Å². The van der Waals surface area contributed by atoms with E-state index < -0.39 is 22.4 Å². The molecule has 22 heavy (non-hydrogen) atoms. The van der Waals surface area contributed by atoms with Gasteiger partial charge in [-0.3, -0.25) is 4.79 Å². The third-order valence-corrected chi connectivity index (χ3v) is 4.07. The number of benzene rings is 1. The van der Waals surface area contributed by atoms with Crippen molar-refractivity contribution in [3.63, 3.8) is 0 Å². The summed E-state index contributed by atoms with van der Waals surface area (Å²) in [5.41, 5.74) is 0.0948. The van der Waals surface area contributed by atoms with Crippen molar-refractivity contribution in [2.75, 3.05) is 12.9 Å². The minimum atomic E-state index is -3.40. The predicted molar refractivity (Wildman–Crippen MR) is 82.3 cm³/mol. The summed E-state index contributed by atoms with van der Waals surface area (Å²) >= 11 is 0. The number of nitrogens with one attached hydrogen (secondary N) is 1. The Morgan fingerprint density at radius 1 is 1.32 bits per heavy atom. The van der Waals surface area contributed by atoms with E-state index in [1.54, 1.807) is 0 Å². The number of amides is 1. The second-order valence-corrected chi connectivity index (χ2v) is 7.15. The largest absolute Gasteiger partial charge is 0.452 e. The van der Waals surface area contributed by atoms with Gasteiger partial charge in [-0.25, -0.2) is 13.2 Å². The first-order valence-corrected chi connectivity index (χ1v) is 8.89. The molecule has 7 heteroatoms. The Bertz CT molecular complexity index is 639. The van der Waals surface area contributed by atoms with Gasteiger partial charge in [-0.1, -0.05) is 19.4 Å². The van der Waals surface area contributed by atoms with E-state index in [0.29, 0.717) is 0 Å². The third-order valence-electron chi connectivity index (χ3n) is 2.96. The van der Waals surface area contributed by atoms with Crippen molar-refractivity contribution in [3.05, 3.63) is 29.8 Å². The van der Waals surface area contributed by atoms with Crippen LogP contribution in [0.3, 0.4) is 0 Å². The number of ether oxygens (including phenoxy) is 1. The van der Waals surface area contributed by atoms with E-state index >= 15 is 0 Å². The lowest BCUT2D eigenvalue weighted by molar-refractivity contribution is -0.124. The number of sulfone groups is 1. The van der Waals surface area contributed by atoms with Gasteiger partial charge in [0.25, 0.3) is 5.91 Å². The third kappa shape index (κ3) is 5.85. The van der Waals surface area contributed by atoms with Gasteiger partial charge in [0.15, 0.2) is 16.4 Å². The van der Waals surface area contributed by atoms with E-state index in [1.807, 2.05) is 13.8 Å². The molecule has 0 heterocycles. The second kappa shape index (κ2) is 7.93. The van der Waals surface area contributed by atoms with E-state index in [1.165, 1.54) is 24.3 Å². The first-order chi connectivity index (χ1) is 10.2. The van der Waals surface area contributed by atoms with Crippen LogP contribution in [0.25, 0.3) is 0 Å². The van der Waals surface area contributed by atoms with Crippen LogP contribution >= 0.6 is 0 Å². The number of esters is 1. The van der Waals surface area contributed by atoms with Crippen molar-refractivity contribution in [2.45, 2.75) is 37.6 Å². The zero-order chi connectivity index (χ0) is 16.8. The second-order valence-electron chi connectivity index (χ2n) is 5.13. The minimum Gasteiger partial charge on any atom is -0.452 e. The maximum absolute atomic E-state index is 11.8. The van der Waals surface area contributed by atoms with Gasteiger partial charge in [0.05, 0.1) is 10.5 Å². The summed E-state index contributed by atoms with van der Waals surface area (Å²) in [6, 6.07) is 5.54. The van der Waals surface area contributed by atoms with Crippen molar-refractivity contribution >= 4 is 21.7 Å². The van der Waals surface area contributed by atoms with Crippen molar-refractivity contribution in [3.8, 4) is 0 Å². The molecule has 1 rings (SSSR count). The molecule has 0 unspecified atom stereocenters. The molecule has 0 radical (unpaired) electrons. The highest BCUT2D eigenvalue weighted by Gasteiger charge is 2.14. The smallest absolute Gasteiger partial charge is 0.338 e. The first-order valence-electron chi connectivity index (χ1n) is 7.00. The van der Waals surface area contributed by atoms with Gasteiger partial charge in [0, 0.05) is 12.3 Å². The van der Waals surface area contributed by atoms with E-state index in [-0.39, 0.29) is 22.4 Å². The Kier molecular flexibility index (Phi) is 6.55. The molecule has 0 aliphatic rings. The van der Waals surface area contributed by atoms with Crippen LogP contribution in [0.1, 0.15) is 37.0 Å². The lowest BCUT2D eigenvalue weighted by Gasteiger charge is -2.12. The van der Waals surface area contributed by atoms with Crippen LogP contribution in [0.4, 0.5) is 0 Å². The average Bonchev–Trinajstić information content (AvgIpc) is 2.44. The van der Waals surface area contributed by atoms with Crippen LogP contribution in [-0.4, -0.2) is 39.2 Å². The molecule has 0 bridgehead atoms. The standard InChI is InChI=1S/C15H21NO5S/c1-4-6-11(2)16-14(17)10-21-15(18)12-7-5-8-13(9-12)22(3,19)20/h5,7-9,11H,4,6,10H2,1-3H3,(H,16,17)/t11-/m1/s1. The zero-order valence-electron chi connectivity index (χ0n) is 13.0. The number of carbonyl (C=O) groups excluding carboxylic acids is 2. The highest BCUT2D eigenvalue weighted by Crippen LogP contribution is 2.12. The van der Waals surface area contributed by atoms with Gasteiger partial charge >= 0.3 is 5.97 Å². The monoisotopic (exact) mass is 327 g/mol. The van der Waals surface area contributed by atoms with Crippen molar-refractivity contribution in [2.24, 2.45) is 0 Å². The number of carbonyl (C=O) groups is 2. The number of rotatable bonds is 7. The van der Waals surface area contributed by atoms with E-state index in [2.05, 4.69) is 5.32 Å². The minimum absolute atomic E-state index is 0.0183. The average molecular weight is 327 g/mol. The fourth-order valence-corrected chi connectivity index (χ4v) is 2.56. The topological polar surface area (TPSA) is 89.5 Å². The van der Waals surface area contributed by atoms with Gasteiger partial charge in [0.1, 0.15) is 0 Å². The molecule has 1 amide bonds. The van der Waals surface area contributed by atoms with Crippen molar-refractivity contribution < 1.29 is 22.7 Å². The van der Waals surface area contributed by atoms with Crippen LogP contribution in [0.15, 0.2) is 29.2 Å². The summed E-state index contributed by atoms with van der Waals surface area (Å²) in [6.45, 7) is 3.49. The number of hydrogen-bond donors (Lipinski definition) is 1. The zero-order valence-corrected chi connectivity index (χ0v) is 13.8. The van der Waals surface area contributed by atoms with Gasteiger partial charge in [-0.2, -0.15) is 0 Å². The van der Waals surface area contributed by atoms with Crippen LogP contribution in [-0.2, 0) is 19.4 Å². The van der Waals surface area contributed by atoms with Crippen molar-refractivity contribution in [1.29, 1.82) is 0 Å². The summed E-state index contributed by atoms with van der Waals surface area (Å²) in [7, 11) is -3.40. The highest BCUT2D eigenvalue weighted by molar-refractivity contribution is 7.90. The summed E-state index contributed by atoms with van der Waals surface area (Å²) in [5, 5.41) is 2.71. The highest BCUT2D eigenvalue weighted by atomic mass is 32.2. The summed E-state index contributed by atoms with van der Waals surface area (Å²) in [4.78, 5) is 23.5. The summed E-state index contributed by atoms with van der Waals surface area (Å²) in [6.07, 6.45) is 2.84. The van der Waals surface area contributed by atoms with Crippen LogP contribution in [0.2, 0.25) is 0 Å². The molecule has 0 aromatic heterocycles. The molecule has 1 aromatic rings.